The molecule has 1 rings (SSSR count). The van der Waals surface area contributed by atoms with E-state index in [9.17, 15) is 4.79 Å². The molecule has 4 heteroatoms. The fourth-order valence-corrected chi connectivity index (χ4v) is 1.68. The number of rotatable bonds is 7. The maximum atomic E-state index is 11.5. The van der Waals surface area contributed by atoms with E-state index in [0.717, 1.165) is 24.9 Å². The Kier molecular flexibility index (Phi) is 6.62. The Morgan fingerprint density at radius 1 is 1.37 bits per heavy atom. The Morgan fingerprint density at radius 3 is 2.63 bits per heavy atom. The average molecular weight is 259 g/mol. The third kappa shape index (κ3) is 5.54. The van der Waals surface area contributed by atoms with Crippen LogP contribution >= 0.6 is 0 Å². The second-order valence-corrected chi connectivity index (χ2v) is 4.54. The standard InChI is InChI=1S/C15H21N3O/c1-3-4-9-17-15(19)11-18-12(2)14-7-5-13(10-16)6-8-14/h5-8,12,18H,3-4,9,11H2,1-2H3,(H,17,19). The number of benzene rings is 1. The highest BCUT2D eigenvalue weighted by molar-refractivity contribution is 5.77. The van der Waals surface area contributed by atoms with E-state index in [1.54, 1.807) is 12.1 Å². The largest absolute Gasteiger partial charge is 0.355 e. The topological polar surface area (TPSA) is 64.9 Å². The number of hydrogen-bond acceptors (Lipinski definition) is 3. The van der Waals surface area contributed by atoms with Crippen LogP contribution in [-0.4, -0.2) is 19.0 Å². The molecule has 19 heavy (non-hydrogen) atoms. The minimum absolute atomic E-state index is 0.0222. The lowest BCUT2D eigenvalue weighted by Crippen LogP contribution is -2.35. The smallest absolute Gasteiger partial charge is 0.233 e. The van der Waals surface area contributed by atoms with Crippen molar-refractivity contribution in [1.82, 2.24) is 10.6 Å². The SMILES string of the molecule is CCCCNC(=O)CNC(C)c1ccc(C#N)cc1. The zero-order valence-corrected chi connectivity index (χ0v) is 11.6. The molecule has 0 aliphatic carbocycles. The lowest BCUT2D eigenvalue weighted by Gasteiger charge is -2.14. The summed E-state index contributed by atoms with van der Waals surface area (Å²) in [5, 5.41) is 14.8. The van der Waals surface area contributed by atoms with Crippen LogP contribution in [0.5, 0.6) is 0 Å². The zero-order chi connectivity index (χ0) is 14.1. The van der Waals surface area contributed by atoms with Gasteiger partial charge in [0, 0.05) is 12.6 Å². The number of unbranched alkanes of at least 4 members (excludes halogenated alkanes) is 1. The Balaban J connectivity index is 2.36. The van der Waals surface area contributed by atoms with E-state index >= 15 is 0 Å². The monoisotopic (exact) mass is 259 g/mol. The maximum absolute atomic E-state index is 11.5. The molecule has 0 radical (unpaired) electrons. The molecular weight excluding hydrogens is 238 g/mol. The first-order valence-electron chi connectivity index (χ1n) is 6.67. The molecule has 0 bridgehead atoms. The molecular formula is C15H21N3O. The molecule has 1 atom stereocenters. The van der Waals surface area contributed by atoms with Crippen LogP contribution in [0, 0.1) is 11.3 Å². The predicted octanol–water partition coefficient (Wildman–Crippen LogP) is 2.13. The molecule has 1 aromatic carbocycles. The van der Waals surface area contributed by atoms with Crippen LogP contribution in [0.1, 0.15) is 43.9 Å². The van der Waals surface area contributed by atoms with Crippen molar-refractivity contribution in [2.75, 3.05) is 13.1 Å². The minimum Gasteiger partial charge on any atom is -0.355 e. The minimum atomic E-state index is 0.0222. The molecule has 4 nitrogen and oxygen atoms in total. The summed E-state index contributed by atoms with van der Waals surface area (Å²) >= 11 is 0. The van der Waals surface area contributed by atoms with Crippen molar-refractivity contribution in [1.29, 1.82) is 5.26 Å². The normalized spacial score (nSPS) is 11.6. The van der Waals surface area contributed by atoms with Gasteiger partial charge in [0.05, 0.1) is 18.2 Å². The van der Waals surface area contributed by atoms with Gasteiger partial charge in [0.25, 0.3) is 0 Å². The van der Waals surface area contributed by atoms with Crippen LogP contribution in [0.4, 0.5) is 0 Å². The van der Waals surface area contributed by atoms with Gasteiger partial charge in [0.1, 0.15) is 0 Å². The summed E-state index contributed by atoms with van der Waals surface area (Å²) in [6.07, 6.45) is 2.09. The van der Waals surface area contributed by atoms with Gasteiger partial charge >= 0.3 is 0 Å². The van der Waals surface area contributed by atoms with E-state index in [0.29, 0.717) is 12.1 Å². The summed E-state index contributed by atoms with van der Waals surface area (Å²) in [6, 6.07) is 9.56. The zero-order valence-electron chi connectivity index (χ0n) is 11.6. The number of nitrogens with one attached hydrogen (secondary N) is 2. The molecule has 1 aromatic rings. The fourth-order valence-electron chi connectivity index (χ4n) is 1.68. The summed E-state index contributed by atoms with van der Waals surface area (Å²) in [5.74, 6) is 0.0222. The van der Waals surface area contributed by atoms with Gasteiger partial charge in [-0.1, -0.05) is 25.5 Å². The number of nitrogens with zero attached hydrogens (tertiary/aromatic N) is 1. The molecule has 1 amide bonds. The van der Waals surface area contributed by atoms with Crippen molar-refractivity contribution >= 4 is 5.91 Å². The first-order valence-corrected chi connectivity index (χ1v) is 6.67. The molecule has 2 N–H and O–H groups in total. The highest BCUT2D eigenvalue weighted by Gasteiger charge is 2.07. The van der Waals surface area contributed by atoms with Gasteiger partial charge in [-0.05, 0) is 31.0 Å². The Hall–Kier alpha value is -1.86. The van der Waals surface area contributed by atoms with Crippen molar-refractivity contribution in [2.24, 2.45) is 0 Å². The molecule has 0 spiro atoms. The van der Waals surface area contributed by atoms with E-state index in [2.05, 4.69) is 23.6 Å². The third-order valence-electron chi connectivity index (χ3n) is 2.96. The number of carbonyl (C=O) groups excluding carboxylic acids is 1. The van der Waals surface area contributed by atoms with Crippen LogP contribution in [0.3, 0.4) is 0 Å². The van der Waals surface area contributed by atoms with E-state index in [1.807, 2.05) is 19.1 Å². The lowest BCUT2D eigenvalue weighted by atomic mass is 10.1. The van der Waals surface area contributed by atoms with Crippen LogP contribution in [0.2, 0.25) is 0 Å². The van der Waals surface area contributed by atoms with Crippen molar-refractivity contribution in [2.45, 2.75) is 32.7 Å². The molecule has 0 aromatic heterocycles. The van der Waals surface area contributed by atoms with Gasteiger partial charge in [0.15, 0.2) is 0 Å². The van der Waals surface area contributed by atoms with Gasteiger partial charge in [-0.3, -0.25) is 4.79 Å². The van der Waals surface area contributed by atoms with Gasteiger partial charge in [-0.2, -0.15) is 5.26 Å². The van der Waals surface area contributed by atoms with E-state index in [4.69, 9.17) is 5.26 Å². The van der Waals surface area contributed by atoms with Crippen molar-refractivity contribution in [3.8, 4) is 6.07 Å². The first-order chi connectivity index (χ1) is 9.17. The fraction of sp³-hybridized carbons (Fsp3) is 0.467. The average Bonchev–Trinajstić information content (AvgIpc) is 2.45. The summed E-state index contributed by atoms with van der Waals surface area (Å²) in [6.45, 7) is 5.14. The molecule has 0 saturated carbocycles. The summed E-state index contributed by atoms with van der Waals surface area (Å²) in [7, 11) is 0. The molecule has 1 unspecified atom stereocenters. The summed E-state index contributed by atoms with van der Waals surface area (Å²) in [5.41, 5.74) is 1.72. The number of carbonyl (C=O) groups is 1. The van der Waals surface area contributed by atoms with Crippen LogP contribution in [0.15, 0.2) is 24.3 Å². The molecule has 0 aliphatic heterocycles. The summed E-state index contributed by atoms with van der Waals surface area (Å²) in [4.78, 5) is 11.5. The second-order valence-electron chi connectivity index (χ2n) is 4.54. The van der Waals surface area contributed by atoms with Crippen LogP contribution < -0.4 is 10.6 Å². The maximum Gasteiger partial charge on any atom is 0.233 e. The predicted molar refractivity (Wildman–Crippen MR) is 75.5 cm³/mol. The Morgan fingerprint density at radius 2 is 2.05 bits per heavy atom. The van der Waals surface area contributed by atoms with Crippen LogP contribution in [0.25, 0.3) is 0 Å². The molecule has 0 aliphatic rings. The highest BCUT2D eigenvalue weighted by Crippen LogP contribution is 2.12. The van der Waals surface area contributed by atoms with E-state index in [-0.39, 0.29) is 11.9 Å². The van der Waals surface area contributed by atoms with Crippen LogP contribution in [-0.2, 0) is 4.79 Å². The van der Waals surface area contributed by atoms with Gasteiger partial charge < -0.3 is 10.6 Å². The van der Waals surface area contributed by atoms with Gasteiger partial charge in [-0.15, -0.1) is 0 Å². The van der Waals surface area contributed by atoms with E-state index in [1.165, 1.54) is 0 Å². The van der Waals surface area contributed by atoms with Gasteiger partial charge in [0.2, 0.25) is 5.91 Å². The first kappa shape index (κ1) is 15.2. The number of amides is 1. The molecule has 0 fully saturated rings. The highest BCUT2D eigenvalue weighted by atomic mass is 16.1. The lowest BCUT2D eigenvalue weighted by molar-refractivity contribution is -0.120. The molecule has 0 saturated heterocycles. The van der Waals surface area contributed by atoms with Gasteiger partial charge in [-0.25, -0.2) is 0 Å². The van der Waals surface area contributed by atoms with Crippen molar-refractivity contribution < 1.29 is 4.79 Å². The Labute approximate surface area is 114 Å². The van der Waals surface area contributed by atoms with Crippen molar-refractivity contribution in [3.05, 3.63) is 35.4 Å². The second kappa shape index (κ2) is 8.28. The third-order valence-corrected chi connectivity index (χ3v) is 2.96. The quantitative estimate of drug-likeness (QED) is 0.737. The summed E-state index contributed by atoms with van der Waals surface area (Å²) < 4.78 is 0. The molecule has 0 heterocycles. The number of hydrogen-bond donors (Lipinski definition) is 2. The number of nitriles is 1. The Bertz CT molecular complexity index is 434. The molecule has 102 valence electrons. The van der Waals surface area contributed by atoms with E-state index < -0.39 is 0 Å². The van der Waals surface area contributed by atoms with Crippen molar-refractivity contribution in [3.63, 3.8) is 0 Å².